The molecule has 5 heteroatoms. The number of hydrogen-bond acceptors (Lipinski definition) is 3. The summed E-state index contributed by atoms with van der Waals surface area (Å²) in [5.41, 5.74) is 2.92. The molecule has 0 radical (unpaired) electrons. The zero-order chi connectivity index (χ0) is 15.8. The van der Waals surface area contributed by atoms with Gasteiger partial charge in [-0.3, -0.25) is 4.57 Å². The second kappa shape index (κ2) is 5.35. The first-order valence-electron chi connectivity index (χ1n) is 7.71. The summed E-state index contributed by atoms with van der Waals surface area (Å²) >= 11 is 0. The van der Waals surface area contributed by atoms with Crippen LogP contribution in [-0.2, 0) is 6.42 Å². The highest BCUT2D eigenvalue weighted by atomic mass is 15.1. The number of rotatable bonds is 3. The molecule has 4 rings (SSSR count). The van der Waals surface area contributed by atoms with Gasteiger partial charge in [-0.15, -0.1) is 0 Å². The van der Waals surface area contributed by atoms with Crippen molar-refractivity contribution in [3.05, 3.63) is 60.3 Å². The first-order chi connectivity index (χ1) is 11.3. The molecule has 0 fully saturated rings. The summed E-state index contributed by atoms with van der Waals surface area (Å²) < 4.78 is 2.05. The minimum Gasteiger partial charge on any atom is -0.343 e. The number of aromatic nitrogens is 5. The molecule has 0 saturated carbocycles. The second-order valence-electron chi connectivity index (χ2n) is 5.52. The monoisotopic (exact) mass is 303 g/mol. The predicted octanol–water partition coefficient (Wildman–Crippen LogP) is 3.68. The van der Waals surface area contributed by atoms with E-state index < -0.39 is 0 Å². The standard InChI is InChI=1S/C18H17N5/c1-3-15-19-9-10-23(15)18-14-11-12(2)20-17(14)21-16(22-18)13-7-5-4-6-8-13/h4-11H,3H2,1-2H3,(H,20,21,22). The fourth-order valence-electron chi connectivity index (χ4n) is 2.81. The molecule has 5 nitrogen and oxygen atoms in total. The lowest BCUT2D eigenvalue weighted by atomic mass is 10.2. The zero-order valence-corrected chi connectivity index (χ0v) is 13.1. The summed E-state index contributed by atoms with van der Waals surface area (Å²) in [6.07, 6.45) is 4.62. The van der Waals surface area contributed by atoms with Gasteiger partial charge in [-0.05, 0) is 13.0 Å². The van der Waals surface area contributed by atoms with Crippen molar-refractivity contribution in [1.29, 1.82) is 0 Å². The van der Waals surface area contributed by atoms with Crippen LogP contribution in [0.15, 0.2) is 48.8 Å². The van der Waals surface area contributed by atoms with Crippen molar-refractivity contribution in [3.8, 4) is 17.2 Å². The number of aromatic amines is 1. The van der Waals surface area contributed by atoms with Crippen LogP contribution in [-0.4, -0.2) is 24.5 Å². The quantitative estimate of drug-likeness (QED) is 0.628. The topological polar surface area (TPSA) is 59.4 Å². The molecule has 0 atom stereocenters. The van der Waals surface area contributed by atoms with E-state index in [1.807, 2.05) is 54.2 Å². The van der Waals surface area contributed by atoms with E-state index in [0.717, 1.165) is 40.4 Å². The minimum absolute atomic E-state index is 0.714. The Morgan fingerprint density at radius 2 is 1.96 bits per heavy atom. The maximum Gasteiger partial charge on any atom is 0.163 e. The fourth-order valence-corrected chi connectivity index (χ4v) is 2.81. The molecule has 0 aliphatic heterocycles. The van der Waals surface area contributed by atoms with Crippen LogP contribution in [0.1, 0.15) is 18.4 Å². The Morgan fingerprint density at radius 1 is 1.13 bits per heavy atom. The number of hydrogen-bond donors (Lipinski definition) is 1. The lowest BCUT2D eigenvalue weighted by Crippen LogP contribution is -2.04. The molecule has 3 aromatic heterocycles. The predicted molar refractivity (Wildman–Crippen MR) is 90.6 cm³/mol. The molecule has 0 spiro atoms. The molecule has 0 saturated heterocycles. The minimum atomic E-state index is 0.714. The van der Waals surface area contributed by atoms with Crippen molar-refractivity contribution in [2.24, 2.45) is 0 Å². The fraction of sp³-hybridized carbons (Fsp3) is 0.167. The Kier molecular flexibility index (Phi) is 3.19. The number of fused-ring (bicyclic) bond motifs is 1. The Labute approximate surface area is 134 Å². The summed E-state index contributed by atoms with van der Waals surface area (Å²) in [6.45, 7) is 4.12. The summed E-state index contributed by atoms with van der Waals surface area (Å²) in [7, 11) is 0. The Hall–Kier alpha value is -2.95. The third kappa shape index (κ3) is 2.30. The van der Waals surface area contributed by atoms with Gasteiger partial charge in [0.1, 0.15) is 11.5 Å². The highest BCUT2D eigenvalue weighted by Gasteiger charge is 2.14. The van der Waals surface area contributed by atoms with Crippen molar-refractivity contribution in [2.75, 3.05) is 0 Å². The molecule has 0 bridgehead atoms. The van der Waals surface area contributed by atoms with Gasteiger partial charge in [0.2, 0.25) is 0 Å². The van der Waals surface area contributed by atoms with Gasteiger partial charge in [0.25, 0.3) is 0 Å². The number of nitrogens with one attached hydrogen (secondary N) is 1. The van der Waals surface area contributed by atoms with Crippen molar-refractivity contribution in [2.45, 2.75) is 20.3 Å². The number of benzene rings is 1. The SMILES string of the molecule is CCc1nccn1-c1nc(-c2ccccc2)nc2[nH]c(C)cc12. The van der Waals surface area contributed by atoms with Gasteiger partial charge in [0, 0.05) is 30.1 Å². The number of H-pyrrole nitrogens is 1. The van der Waals surface area contributed by atoms with Crippen LogP contribution in [0.3, 0.4) is 0 Å². The maximum atomic E-state index is 4.83. The average Bonchev–Trinajstić information content (AvgIpc) is 3.19. The van der Waals surface area contributed by atoms with Crippen LogP contribution < -0.4 is 0 Å². The van der Waals surface area contributed by atoms with Crippen LogP contribution in [0.5, 0.6) is 0 Å². The van der Waals surface area contributed by atoms with Crippen LogP contribution in [0, 0.1) is 6.92 Å². The molecule has 23 heavy (non-hydrogen) atoms. The van der Waals surface area contributed by atoms with Crippen LogP contribution in [0.2, 0.25) is 0 Å². The first-order valence-corrected chi connectivity index (χ1v) is 7.71. The first kappa shape index (κ1) is 13.7. The van der Waals surface area contributed by atoms with E-state index in [0.29, 0.717) is 5.82 Å². The number of aryl methyl sites for hydroxylation is 2. The third-order valence-corrected chi connectivity index (χ3v) is 3.90. The van der Waals surface area contributed by atoms with Gasteiger partial charge in [-0.2, -0.15) is 0 Å². The van der Waals surface area contributed by atoms with E-state index in [-0.39, 0.29) is 0 Å². The zero-order valence-electron chi connectivity index (χ0n) is 13.1. The molecule has 0 amide bonds. The molecule has 114 valence electrons. The van der Waals surface area contributed by atoms with Crippen molar-refractivity contribution in [1.82, 2.24) is 24.5 Å². The summed E-state index contributed by atoms with van der Waals surface area (Å²) in [6, 6.07) is 12.1. The van der Waals surface area contributed by atoms with Gasteiger partial charge in [0.05, 0.1) is 5.39 Å². The molecule has 4 aromatic rings. The van der Waals surface area contributed by atoms with Gasteiger partial charge < -0.3 is 4.98 Å². The van der Waals surface area contributed by atoms with Crippen LogP contribution in [0.25, 0.3) is 28.2 Å². The van der Waals surface area contributed by atoms with E-state index in [1.54, 1.807) is 0 Å². The second-order valence-corrected chi connectivity index (χ2v) is 5.52. The Bertz CT molecular complexity index is 966. The van der Waals surface area contributed by atoms with E-state index in [4.69, 9.17) is 9.97 Å². The average molecular weight is 303 g/mol. The molecular formula is C18H17N5. The van der Waals surface area contributed by atoms with Gasteiger partial charge in [-0.1, -0.05) is 37.3 Å². The van der Waals surface area contributed by atoms with Crippen LogP contribution >= 0.6 is 0 Å². The van der Waals surface area contributed by atoms with Gasteiger partial charge in [0.15, 0.2) is 11.6 Å². The molecule has 0 aliphatic carbocycles. The van der Waals surface area contributed by atoms with Crippen molar-refractivity contribution < 1.29 is 0 Å². The van der Waals surface area contributed by atoms with E-state index in [2.05, 4.69) is 23.0 Å². The summed E-state index contributed by atoms with van der Waals surface area (Å²) in [4.78, 5) is 17.3. The van der Waals surface area contributed by atoms with E-state index in [9.17, 15) is 0 Å². The van der Waals surface area contributed by atoms with Gasteiger partial charge in [-0.25, -0.2) is 15.0 Å². The smallest absolute Gasteiger partial charge is 0.163 e. The lowest BCUT2D eigenvalue weighted by Gasteiger charge is -2.09. The van der Waals surface area contributed by atoms with Crippen molar-refractivity contribution >= 4 is 11.0 Å². The highest BCUT2D eigenvalue weighted by molar-refractivity contribution is 5.85. The van der Waals surface area contributed by atoms with E-state index in [1.165, 1.54) is 0 Å². The molecular weight excluding hydrogens is 286 g/mol. The molecule has 3 heterocycles. The van der Waals surface area contributed by atoms with Crippen molar-refractivity contribution in [3.63, 3.8) is 0 Å². The summed E-state index contributed by atoms with van der Waals surface area (Å²) in [5, 5.41) is 1.01. The third-order valence-electron chi connectivity index (χ3n) is 3.90. The maximum absolute atomic E-state index is 4.83. The normalized spacial score (nSPS) is 11.2. The Morgan fingerprint density at radius 3 is 2.74 bits per heavy atom. The van der Waals surface area contributed by atoms with E-state index >= 15 is 0 Å². The Balaban J connectivity index is 2.02. The lowest BCUT2D eigenvalue weighted by molar-refractivity contribution is 0.872. The molecule has 1 N–H and O–H groups in total. The van der Waals surface area contributed by atoms with Crippen LogP contribution in [0.4, 0.5) is 0 Å². The number of nitrogens with zero attached hydrogens (tertiary/aromatic N) is 4. The molecule has 1 aromatic carbocycles. The molecule has 0 aliphatic rings. The highest BCUT2D eigenvalue weighted by Crippen LogP contribution is 2.25. The number of imidazole rings is 1. The largest absolute Gasteiger partial charge is 0.343 e. The molecule has 0 unspecified atom stereocenters. The van der Waals surface area contributed by atoms with Gasteiger partial charge >= 0.3 is 0 Å². The summed E-state index contributed by atoms with van der Waals surface area (Å²) in [5.74, 6) is 2.57.